The van der Waals surface area contributed by atoms with Gasteiger partial charge in [0.2, 0.25) is 11.8 Å². The average molecular weight is 296 g/mol. The van der Waals surface area contributed by atoms with Gasteiger partial charge in [-0.15, -0.1) is 0 Å². The lowest BCUT2D eigenvalue weighted by Gasteiger charge is -2.10. The molecule has 20 heavy (non-hydrogen) atoms. The quantitative estimate of drug-likeness (QED) is 0.515. The lowest BCUT2D eigenvalue weighted by molar-refractivity contribution is -0.113. The van der Waals surface area contributed by atoms with Crippen LogP contribution in [0.5, 0.6) is 0 Å². The second-order valence-corrected chi connectivity index (χ2v) is 5.26. The molecule has 1 aromatic carbocycles. The Balaban J connectivity index is 3.61. The molecule has 7 nitrogen and oxygen atoms in total. The summed E-state index contributed by atoms with van der Waals surface area (Å²) in [5.74, 6) is -1.79. The first-order chi connectivity index (χ1) is 9.05. The molecule has 0 aliphatic rings. The van der Waals surface area contributed by atoms with Gasteiger partial charge in [-0.3, -0.25) is 14.1 Å². The first-order valence-corrected chi connectivity index (χ1v) is 6.59. The smallest absolute Gasteiger partial charge is 0.295 e. The predicted octanol–water partition coefficient (Wildman–Crippen LogP) is -0.0697. The van der Waals surface area contributed by atoms with Gasteiger partial charge in [0, 0.05) is 16.7 Å². The maximum Gasteiger partial charge on any atom is 0.295 e. The summed E-state index contributed by atoms with van der Waals surface area (Å²) >= 11 is 0. The molecule has 0 unspecified atom stereocenters. The highest BCUT2D eigenvalue weighted by atomic mass is 32.2. The van der Waals surface area contributed by atoms with Gasteiger partial charge in [0.15, 0.2) is 0 Å². The van der Waals surface area contributed by atoms with E-state index in [1.165, 1.54) is 6.07 Å². The number of primary amides is 2. The summed E-state index contributed by atoms with van der Waals surface area (Å²) in [6, 6.07) is 3.36. The summed E-state index contributed by atoms with van der Waals surface area (Å²) in [7, 11) is -4.59. The standard InChI is InChI=1S/C12H12N2O5S/c1-6(11(13)15)8-3-4-10(20(17,18)19)9(5-8)7(2)12(14)16/h3-5H,1-2H2,(H2,13,15)(H2,14,16)(H,17,18,19). The van der Waals surface area contributed by atoms with E-state index in [0.717, 1.165) is 12.1 Å². The van der Waals surface area contributed by atoms with E-state index in [4.69, 9.17) is 16.0 Å². The van der Waals surface area contributed by atoms with Gasteiger partial charge in [-0.1, -0.05) is 19.2 Å². The summed E-state index contributed by atoms with van der Waals surface area (Å²) in [5.41, 5.74) is 9.63. The Bertz CT molecular complexity index is 734. The molecule has 0 aromatic heterocycles. The van der Waals surface area contributed by atoms with Crippen LogP contribution in [0.15, 0.2) is 36.3 Å². The predicted molar refractivity (Wildman–Crippen MR) is 72.7 cm³/mol. The minimum atomic E-state index is -4.59. The van der Waals surface area contributed by atoms with Crippen molar-refractivity contribution in [3.8, 4) is 0 Å². The van der Waals surface area contributed by atoms with Crippen LogP contribution in [0, 0.1) is 0 Å². The molecule has 0 aliphatic heterocycles. The molecule has 0 atom stereocenters. The molecule has 5 N–H and O–H groups in total. The van der Waals surface area contributed by atoms with Crippen LogP contribution in [0.3, 0.4) is 0 Å². The Morgan fingerprint density at radius 3 is 1.95 bits per heavy atom. The summed E-state index contributed by atoms with van der Waals surface area (Å²) in [5, 5.41) is 0. The lowest BCUT2D eigenvalue weighted by Crippen LogP contribution is -2.16. The van der Waals surface area contributed by atoms with Crippen LogP contribution in [-0.2, 0) is 19.7 Å². The van der Waals surface area contributed by atoms with Crippen molar-refractivity contribution in [3.05, 3.63) is 42.5 Å². The van der Waals surface area contributed by atoms with E-state index in [2.05, 4.69) is 13.2 Å². The second-order valence-electron chi connectivity index (χ2n) is 3.87. The molecule has 0 saturated carbocycles. The molecular formula is C12H12N2O5S. The molecule has 2 amide bonds. The van der Waals surface area contributed by atoms with Crippen LogP contribution in [0.1, 0.15) is 11.1 Å². The molecule has 8 heteroatoms. The number of benzene rings is 1. The van der Waals surface area contributed by atoms with Gasteiger partial charge in [0.1, 0.15) is 4.90 Å². The largest absolute Gasteiger partial charge is 0.366 e. The molecule has 0 spiro atoms. The van der Waals surface area contributed by atoms with Crippen LogP contribution in [0.4, 0.5) is 0 Å². The van der Waals surface area contributed by atoms with Gasteiger partial charge >= 0.3 is 0 Å². The fraction of sp³-hybridized carbons (Fsp3) is 0. The Hall–Kier alpha value is -2.45. The van der Waals surface area contributed by atoms with E-state index >= 15 is 0 Å². The summed E-state index contributed by atoms with van der Waals surface area (Å²) in [6.45, 7) is 6.78. The molecule has 0 radical (unpaired) electrons. The number of nitrogens with two attached hydrogens (primary N) is 2. The highest BCUT2D eigenvalue weighted by molar-refractivity contribution is 7.86. The molecule has 0 saturated heterocycles. The fourth-order valence-electron chi connectivity index (χ4n) is 1.45. The van der Waals surface area contributed by atoms with E-state index in [9.17, 15) is 18.0 Å². The average Bonchev–Trinajstić information content (AvgIpc) is 2.34. The summed E-state index contributed by atoms with van der Waals surface area (Å²) in [4.78, 5) is 21.6. The SMILES string of the molecule is C=C(C(N)=O)c1ccc(S(=O)(=O)O)c(C(=C)C(N)=O)c1. The highest BCUT2D eigenvalue weighted by Crippen LogP contribution is 2.26. The third-order valence-corrected chi connectivity index (χ3v) is 3.44. The first kappa shape index (κ1) is 15.6. The minimum Gasteiger partial charge on any atom is -0.366 e. The van der Waals surface area contributed by atoms with Crippen molar-refractivity contribution in [2.45, 2.75) is 4.90 Å². The van der Waals surface area contributed by atoms with E-state index in [1.54, 1.807) is 0 Å². The van der Waals surface area contributed by atoms with Crippen molar-refractivity contribution >= 4 is 33.1 Å². The first-order valence-electron chi connectivity index (χ1n) is 5.15. The number of amides is 2. The second kappa shape index (κ2) is 5.27. The highest BCUT2D eigenvalue weighted by Gasteiger charge is 2.21. The third kappa shape index (κ3) is 3.11. The van der Waals surface area contributed by atoms with Crippen LogP contribution >= 0.6 is 0 Å². The van der Waals surface area contributed by atoms with Crippen LogP contribution in [0.2, 0.25) is 0 Å². The zero-order valence-corrected chi connectivity index (χ0v) is 11.1. The maximum atomic E-state index is 11.2. The van der Waals surface area contributed by atoms with Crippen LogP contribution in [-0.4, -0.2) is 24.8 Å². The molecular weight excluding hydrogens is 284 g/mol. The number of hydrogen-bond donors (Lipinski definition) is 3. The lowest BCUT2D eigenvalue weighted by atomic mass is 10.00. The molecule has 0 bridgehead atoms. The van der Waals surface area contributed by atoms with Gasteiger partial charge in [0.25, 0.3) is 10.1 Å². The van der Waals surface area contributed by atoms with Crippen LogP contribution in [0.25, 0.3) is 11.1 Å². The van der Waals surface area contributed by atoms with E-state index in [0.29, 0.717) is 0 Å². The minimum absolute atomic E-state index is 0.0922. The Labute approximate surface area is 115 Å². The van der Waals surface area contributed by atoms with Gasteiger partial charge in [0.05, 0.1) is 0 Å². The third-order valence-electron chi connectivity index (χ3n) is 2.53. The number of hydrogen-bond acceptors (Lipinski definition) is 4. The van der Waals surface area contributed by atoms with Crippen molar-refractivity contribution in [1.82, 2.24) is 0 Å². The molecule has 106 valence electrons. The summed E-state index contributed by atoms with van der Waals surface area (Å²) in [6.07, 6.45) is 0. The Kier molecular flexibility index (Phi) is 4.11. The van der Waals surface area contributed by atoms with Gasteiger partial charge < -0.3 is 11.5 Å². The van der Waals surface area contributed by atoms with Gasteiger partial charge in [-0.25, -0.2) is 0 Å². The van der Waals surface area contributed by atoms with E-state index in [1.807, 2.05) is 0 Å². The number of rotatable bonds is 5. The normalized spacial score (nSPS) is 10.8. The Morgan fingerprint density at radius 1 is 1.05 bits per heavy atom. The molecule has 0 aliphatic carbocycles. The van der Waals surface area contributed by atoms with Crippen molar-refractivity contribution in [2.24, 2.45) is 11.5 Å². The molecule has 0 heterocycles. The summed E-state index contributed by atoms with van der Waals surface area (Å²) < 4.78 is 31.6. The van der Waals surface area contributed by atoms with Gasteiger partial charge in [-0.05, 0) is 17.7 Å². The zero-order chi connectivity index (χ0) is 15.7. The fourth-order valence-corrected chi connectivity index (χ4v) is 2.15. The van der Waals surface area contributed by atoms with E-state index < -0.39 is 26.8 Å². The van der Waals surface area contributed by atoms with Crippen LogP contribution < -0.4 is 11.5 Å². The van der Waals surface area contributed by atoms with Gasteiger partial charge in [-0.2, -0.15) is 8.42 Å². The molecule has 1 aromatic rings. The maximum absolute atomic E-state index is 11.2. The van der Waals surface area contributed by atoms with Crippen molar-refractivity contribution in [3.63, 3.8) is 0 Å². The van der Waals surface area contributed by atoms with E-state index in [-0.39, 0.29) is 22.3 Å². The number of carbonyl (C=O) groups excluding carboxylic acids is 2. The van der Waals surface area contributed by atoms with Crippen molar-refractivity contribution in [2.75, 3.05) is 0 Å². The Morgan fingerprint density at radius 2 is 1.55 bits per heavy atom. The molecule has 1 rings (SSSR count). The monoisotopic (exact) mass is 296 g/mol. The van der Waals surface area contributed by atoms with Crippen molar-refractivity contribution in [1.29, 1.82) is 0 Å². The molecule has 0 fully saturated rings. The topological polar surface area (TPSA) is 141 Å². The van der Waals surface area contributed by atoms with Crippen molar-refractivity contribution < 1.29 is 22.6 Å². The number of carbonyl (C=O) groups is 2. The zero-order valence-electron chi connectivity index (χ0n) is 10.3.